The Hall–Kier alpha value is -2.18. The van der Waals surface area contributed by atoms with Crippen LogP contribution >= 0.6 is 0 Å². The van der Waals surface area contributed by atoms with Crippen LogP contribution in [0, 0.1) is 20.8 Å². The van der Waals surface area contributed by atoms with Gasteiger partial charge in [-0.2, -0.15) is 4.98 Å². The highest BCUT2D eigenvalue weighted by molar-refractivity contribution is 5.78. The van der Waals surface area contributed by atoms with Crippen molar-refractivity contribution in [2.45, 2.75) is 71.3 Å². The molecule has 1 aliphatic rings. The average Bonchev–Trinajstić information content (AvgIpc) is 3.21. The highest BCUT2D eigenvalue weighted by atomic mass is 16.5. The molecule has 2 aromatic heterocycles. The molecule has 0 aromatic carbocycles. The second-order valence-corrected chi connectivity index (χ2v) is 6.82. The minimum atomic E-state index is -0.493. The fourth-order valence-electron chi connectivity index (χ4n) is 3.77. The molecule has 1 amide bonds. The van der Waals surface area contributed by atoms with E-state index in [1.54, 1.807) is 6.92 Å². The van der Waals surface area contributed by atoms with Crippen molar-refractivity contribution in [3.05, 3.63) is 28.7 Å². The number of aryl methyl sites for hydroxylation is 3. The average molecular weight is 332 g/mol. The first-order valence-electron chi connectivity index (χ1n) is 8.46. The lowest BCUT2D eigenvalue weighted by Gasteiger charge is -2.27. The molecule has 0 spiro atoms. The largest absolute Gasteiger partial charge is 0.361 e. The van der Waals surface area contributed by atoms with Gasteiger partial charge in [0.15, 0.2) is 5.82 Å². The summed E-state index contributed by atoms with van der Waals surface area (Å²) in [6, 6.07) is 0. The van der Waals surface area contributed by atoms with Crippen molar-refractivity contribution in [1.29, 1.82) is 0 Å². The number of nitrogens with one attached hydrogen (secondary N) is 1. The highest BCUT2D eigenvalue weighted by Crippen LogP contribution is 2.37. The van der Waals surface area contributed by atoms with Gasteiger partial charge >= 0.3 is 0 Å². The maximum Gasteiger partial charge on any atom is 0.223 e. The fraction of sp³-hybridized carbons (Fsp3) is 0.647. The van der Waals surface area contributed by atoms with E-state index in [-0.39, 0.29) is 11.8 Å². The molecule has 2 aromatic rings. The smallest absolute Gasteiger partial charge is 0.223 e. The van der Waals surface area contributed by atoms with E-state index in [1.165, 1.54) is 0 Å². The van der Waals surface area contributed by atoms with E-state index >= 15 is 0 Å². The van der Waals surface area contributed by atoms with Crippen molar-refractivity contribution in [3.8, 4) is 0 Å². The number of rotatable bonds is 5. The molecule has 1 atom stereocenters. The fourth-order valence-corrected chi connectivity index (χ4v) is 3.77. The van der Waals surface area contributed by atoms with Gasteiger partial charge in [0, 0.05) is 18.9 Å². The summed E-state index contributed by atoms with van der Waals surface area (Å²) in [5.41, 5.74) is 1.37. The Kier molecular flexibility index (Phi) is 4.43. The number of hydrogen-bond acceptors (Lipinski definition) is 6. The van der Waals surface area contributed by atoms with Crippen LogP contribution < -0.4 is 5.32 Å². The van der Waals surface area contributed by atoms with Gasteiger partial charge in [-0.25, -0.2) is 0 Å². The summed E-state index contributed by atoms with van der Waals surface area (Å²) in [4.78, 5) is 17.0. The topological polar surface area (TPSA) is 94.1 Å². The Morgan fingerprint density at radius 2 is 1.92 bits per heavy atom. The lowest BCUT2D eigenvalue weighted by molar-refractivity contribution is -0.123. The second-order valence-electron chi connectivity index (χ2n) is 6.82. The summed E-state index contributed by atoms with van der Waals surface area (Å²) in [5, 5.41) is 11.2. The van der Waals surface area contributed by atoms with Crippen LogP contribution in [0.2, 0.25) is 0 Å². The first-order chi connectivity index (χ1) is 11.4. The first kappa shape index (κ1) is 16.7. The summed E-state index contributed by atoms with van der Waals surface area (Å²) in [5.74, 6) is 1.93. The lowest BCUT2D eigenvalue weighted by Crippen LogP contribution is -2.45. The monoisotopic (exact) mass is 332 g/mol. The van der Waals surface area contributed by atoms with Crippen molar-refractivity contribution in [1.82, 2.24) is 20.6 Å². The molecule has 24 heavy (non-hydrogen) atoms. The van der Waals surface area contributed by atoms with Crippen molar-refractivity contribution in [2.75, 3.05) is 0 Å². The van der Waals surface area contributed by atoms with Crippen LogP contribution in [0.1, 0.15) is 73.7 Å². The molecule has 0 saturated heterocycles. The van der Waals surface area contributed by atoms with Gasteiger partial charge in [-0.1, -0.05) is 30.1 Å². The van der Waals surface area contributed by atoms with Gasteiger partial charge in [-0.3, -0.25) is 4.79 Å². The van der Waals surface area contributed by atoms with E-state index in [0.717, 1.165) is 42.7 Å². The van der Waals surface area contributed by atoms with Crippen LogP contribution in [0.15, 0.2) is 9.05 Å². The summed E-state index contributed by atoms with van der Waals surface area (Å²) in [6.45, 7) is 7.57. The molecule has 1 unspecified atom stereocenters. The van der Waals surface area contributed by atoms with Gasteiger partial charge in [-0.15, -0.1) is 0 Å². The minimum absolute atomic E-state index is 0.00754. The minimum Gasteiger partial charge on any atom is -0.361 e. The molecular formula is C17H24N4O3. The molecule has 1 saturated carbocycles. The van der Waals surface area contributed by atoms with Crippen molar-refractivity contribution in [2.24, 2.45) is 0 Å². The first-order valence-corrected chi connectivity index (χ1v) is 8.46. The van der Waals surface area contributed by atoms with E-state index < -0.39 is 5.54 Å². The number of hydrogen-bond donors (Lipinski definition) is 1. The summed E-state index contributed by atoms with van der Waals surface area (Å²) < 4.78 is 10.3. The third kappa shape index (κ3) is 3.07. The molecule has 1 fully saturated rings. The number of nitrogens with zero attached hydrogens (tertiary/aromatic N) is 3. The normalized spacial score (nSPS) is 17.8. The maximum atomic E-state index is 12.7. The zero-order valence-electron chi connectivity index (χ0n) is 14.7. The van der Waals surface area contributed by atoms with Gasteiger partial charge in [0.05, 0.1) is 5.69 Å². The number of carbonyl (C=O) groups excluding carboxylic acids is 1. The van der Waals surface area contributed by atoms with E-state index in [9.17, 15) is 4.79 Å². The lowest BCUT2D eigenvalue weighted by atomic mass is 9.93. The zero-order valence-corrected chi connectivity index (χ0v) is 14.7. The third-order valence-electron chi connectivity index (χ3n) is 4.86. The number of amides is 1. The molecule has 1 aliphatic carbocycles. The number of carbonyl (C=O) groups is 1. The van der Waals surface area contributed by atoms with Crippen LogP contribution in [0.4, 0.5) is 0 Å². The Morgan fingerprint density at radius 3 is 2.46 bits per heavy atom. The molecule has 7 nitrogen and oxygen atoms in total. The molecule has 0 aliphatic heterocycles. The number of aromatic nitrogens is 3. The summed E-state index contributed by atoms with van der Waals surface area (Å²) in [7, 11) is 0. The highest BCUT2D eigenvalue weighted by Gasteiger charge is 2.41. The molecule has 0 radical (unpaired) electrons. The molecule has 2 heterocycles. The molecule has 130 valence electrons. The van der Waals surface area contributed by atoms with Crippen LogP contribution in [-0.2, 0) is 10.3 Å². The Balaban J connectivity index is 1.73. The summed E-state index contributed by atoms with van der Waals surface area (Å²) >= 11 is 0. The van der Waals surface area contributed by atoms with Crippen LogP contribution in [0.25, 0.3) is 0 Å². The standard InChI is InChI=1S/C17H24N4O3/c1-10(15-11(2)20-23-12(15)3)9-14(22)19-17(7-5-6-8-17)16-18-13(4)24-21-16/h10H,5-9H2,1-4H3,(H,19,22). The van der Waals surface area contributed by atoms with Gasteiger partial charge in [0.1, 0.15) is 11.3 Å². The van der Waals surface area contributed by atoms with Crippen molar-refractivity contribution >= 4 is 5.91 Å². The second kappa shape index (κ2) is 6.37. The maximum absolute atomic E-state index is 12.7. The predicted molar refractivity (Wildman–Crippen MR) is 86.3 cm³/mol. The SMILES string of the molecule is Cc1nc(C2(NC(=O)CC(C)c3c(C)noc3C)CCCC2)no1. The van der Waals surface area contributed by atoms with Gasteiger partial charge in [0.2, 0.25) is 11.8 Å². The predicted octanol–water partition coefficient (Wildman–Crippen LogP) is 3.06. The molecular weight excluding hydrogens is 308 g/mol. The Bertz CT molecular complexity index is 709. The molecule has 3 rings (SSSR count). The Labute approximate surface area is 141 Å². The van der Waals surface area contributed by atoms with Crippen LogP contribution in [0.5, 0.6) is 0 Å². The van der Waals surface area contributed by atoms with Crippen molar-refractivity contribution < 1.29 is 13.8 Å². The molecule has 7 heteroatoms. The van der Waals surface area contributed by atoms with Gasteiger partial charge < -0.3 is 14.4 Å². The van der Waals surface area contributed by atoms with E-state index in [2.05, 4.69) is 20.6 Å². The zero-order chi connectivity index (χ0) is 17.3. The van der Waals surface area contributed by atoms with Crippen LogP contribution in [-0.4, -0.2) is 21.2 Å². The van der Waals surface area contributed by atoms with Gasteiger partial charge in [0.25, 0.3) is 0 Å². The van der Waals surface area contributed by atoms with E-state index in [1.807, 2.05) is 20.8 Å². The quantitative estimate of drug-likeness (QED) is 0.904. The Morgan fingerprint density at radius 1 is 1.21 bits per heavy atom. The van der Waals surface area contributed by atoms with E-state index in [0.29, 0.717) is 18.1 Å². The molecule has 0 bridgehead atoms. The van der Waals surface area contributed by atoms with Gasteiger partial charge in [-0.05, 0) is 32.6 Å². The summed E-state index contributed by atoms with van der Waals surface area (Å²) in [6.07, 6.45) is 4.16. The third-order valence-corrected chi connectivity index (χ3v) is 4.86. The molecule has 1 N–H and O–H groups in total. The van der Waals surface area contributed by atoms with Crippen molar-refractivity contribution in [3.63, 3.8) is 0 Å². The van der Waals surface area contributed by atoms with E-state index in [4.69, 9.17) is 9.05 Å². The van der Waals surface area contributed by atoms with Crippen LogP contribution in [0.3, 0.4) is 0 Å².